The van der Waals surface area contributed by atoms with Crippen LogP contribution in [0, 0.1) is 0 Å². The highest BCUT2D eigenvalue weighted by Crippen LogP contribution is 2.34. The molecule has 3 N–H and O–H groups in total. The Morgan fingerprint density at radius 1 is 1.28 bits per heavy atom. The molecule has 1 aromatic rings. The smallest absolute Gasteiger partial charge is 0.252 e. The molecule has 7 nitrogen and oxygen atoms in total. The van der Waals surface area contributed by atoms with Gasteiger partial charge in [0.25, 0.3) is 5.91 Å². The molecule has 1 spiro atoms. The third-order valence-corrected chi connectivity index (χ3v) is 6.07. The molecule has 3 aliphatic rings. The first-order valence-electron chi connectivity index (χ1n) is 9.08. The average molecular weight is 343 g/mol. The number of anilines is 1. The second kappa shape index (κ2) is 5.98. The maximum atomic E-state index is 12.5. The Labute approximate surface area is 147 Å². The van der Waals surface area contributed by atoms with Crippen molar-refractivity contribution < 1.29 is 9.59 Å². The number of primary amides is 1. The predicted molar refractivity (Wildman–Crippen MR) is 94.6 cm³/mol. The topological polar surface area (TPSA) is 91.6 Å². The molecule has 3 heterocycles. The van der Waals surface area contributed by atoms with Gasteiger partial charge in [-0.25, -0.2) is 4.98 Å². The van der Waals surface area contributed by atoms with E-state index in [0.717, 1.165) is 49.9 Å². The number of aromatic nitrogens is 1. The molecule has 0 atom stereocenters. The number of hydrogen-bond acceptors (Lipinski definition) is 5. The van der Waals surface area contributed by atoms with Crippen molar-refractivity contribution in [3.63, 3.8) is 0 Å². The normalized spacial score (nSPS) is 22.8. The number of rotatable bonds is 2. The summed E-state index contributed by atoms with van der Waals surface area (Å²) in [6.45, 7) is 2.97. The van der Waals surface area contributed by atoms with Gasteiger partial charge in [0.05, 0.1) is 5.56 Å². The molecular weight excluding hydrogens is 318 g/mol. The highest BCUT2D eigenvalue weighted by atomic mass is 16.2. The summed E-state index contributed by atoms with van der Waals surface area (Å²) in [4.78, 5) is 33.5. The lowest BCUT2D eigenvalue weighted by molar-refractivity contribution is -0.137. The highest BCUT2D eigenvalue weighted by molar-refractivity contribution is 5.98. The monoisotopic (exact) mass is 343 g/mol. The van der Waals surface area contributed by atoms with Crippen molar-refractivity contribution >= 4 is 17.6 Å². The fourth-order valence-electron chi connectivity index (χ4n) is 4.47. The number of fused-ring (bicyclic) bond motifs is 1. The van der Waals surface area contributed by atoms with Crippen LogP contribution in [0.15, 0.2) is 6.07 Å². The van der Waals surface area contributed by atoms with E-state index >= 15 is 0 Å². The zero-order valence-corrected chi connectivity index (χ0v) is 14.7. The van der Waals surface area contributed by atoms with Gasteiger partial charge in [0, 0.05) is 31.9 Å². The third kappa shape index (κ3) is 2.57. The summed E-state index contributed by atoms with van der Waals surface area (Å²) < 4.78 is 0. The van der Waals surface area contributed by atoms with Crippen LogP contribution in [0.2, 0.25) is 0 Å². The second-order valence-electron chi connectivity index (χ2n) is 7.38. The van der Waals surface area contributed by atoms with Gasteiger partial charge in [0.1, 0.15) is 11.4 Å². The van der Waals surface area contributed by atoms with E-state index in [4.69, 9.17) is 10.7 Å². The first-order valence-corrected chi connectivity index (χ1v) is 9.08. The van der Waals surface area contributed by atoms with E-state index in [-0.39, 0.29) is 5.91 Å². The van der Waals surface area contributed by atoms with Gasteiger partial charge < -0.3 is 16.0 Å². The summed E-state index contributed by atoms with van der Waals surface area (Å²) >= 11 is 0. The number of piperidine rings is 1. The number of nitrogens with zero attached hydrogens (tertiary/aromatic N) is 3. The molecule has 1 aromatic heterocycles. The van der Waals surface area contributed by atoms with Gasteiger partial charge in [0.2, 0.25) is 5.91 Å². The lowest BCUT2D eigenvalue weighted by Crippen LogP contribution is -2.67. The number of piperazine rings is 1. The molecule has 0 bridgehead atoms. The summed E-state index contributed by atoms with van der Waals surface area (Å²) in [5.74, 6) is 0.393. The number of carbonyl (C=O) groups is 2. The summed E-state index contributed by atoms with van der Waals surface area (Å²) in [6, 6.07) is 1.93. The van der Waals surface area contributed by atoms with E-state index in [1.165, 1.54) is 0 Å². The number of likely N-dealkylation sites (N-methyl/N-ethyl adjacent to an activating group) is 1. The van der Waals surface area contributed by atoms with Crippen LogP contribution in [-0.4, -0.2) is 60.5 Å². The van der Waals surface area contributed by atoms with E-state index in [1.807, 2.05) is 13.1 Å². The van der Waals surface area contributed by atoms with Gasteiger partial charge in [-0.15, -0.1) is 0 Å². The number of nitrogens with one attached hydrogen (secondary N) is 1. The van der Waals surface area contributed by atoms with Gasteiger partial charge in [-0.3, -0.25) is 14.5 Å². The van der Waals surface area contributed by atoms with E-state index in [2.05, 4.69) is 15.1 Å². The molecule has 0 saturated carbocycles. The molecule has 0 unspecified atom stereocenters. The maximum absolute atomic E-state index is 12.5. The fraction of sp³-hybridized carbons (Fsp3) is 0.611. The summed E-state index contributed by atoms with van der Waals surface area (Å²) in [5, 5.41) is 3.00. The predicted octanol–water partition coefficient (Wildman–Crippen LogP) is 0.0698. The number of amides is 2. The number of aryl methyl sites for hydroxylation is 2. The minimum absolute atomic E-state index is 0.123. The Balaban J connectivity index is 1.61. The Morgan fingerprint density at radius 2 is 2.04 bits per heavy atom. The van der Waals surface area contributed by atoms with Crippen molar-refractivity contribution in [2.45, 2.75) is 37.6 Å². The second-order valence-corrected chi connectivity index (χ2v) is 7.38. The maximum Gasteiger partial charge on any atom is 0.252 e. The molecule has 1 aliphatic carbocycles. The standard InChI is InChI=1S/C18H25N5O2/c1-22-10-7-20-17(25)18(22)5-8-23(9-6-18)16-13(15(19)24)11-12-3-2-4-14(12)21-16/h11H,2-10H2,1H3,(H2,19,24)(H,20,25). The largest absolute Gasteiger partial charge is 0.365 e. The molecule has 2 fully saturated rings. The first kappa shape index (κ1) is 16.3. The Hall–Kier alpha value is -2.15. The Kier molecular flexibility index (Phi) is 3.91. The van der Waals surface area contributed by atoms with Gasteiger partial charge in [-0.05, 0) is 50.8 Å². The summed E-state index contributed by atoms with van der Waals surface area (Å²) in [5.41, 5.74) is 7.94. The molecular formula is C18H25N5O2. The molecule has 2 aliphatic heterocycles. The van der Waals surface area contributed by atoms with Crippen molar-refractivity contribution in [3.8, 4) is 0 Å². The van der Waals surface area contributed by atoms with E-state index in [0.29, 0.717) is 31.0 Å². The van der Waals surface area contributed by atoms with Crippen LogP contribution in [0.5, 0.6) is 0 Å². The molecule has 7 heteroatoms. The van der Waals surface area contributed by atoms with Crippen LogP contribution < -0.4 is 16.0 Å². The van der Waals surface area contributed by atoms with Crippen molar-refractivity contribution in [2.75, 3.05) is 38.1 Å². The molecule has 2 saturated heterocycles. The van der Waals surface area contributed by atoms with Crippen LogP contribution in [0.3, 0.4) is 0 Å². The van der Waals surface area contributed by atoms with E-state index in [1.54, 1.807) is 0 Å². The van der Waals surface area contributed by atoms with Crippen LogP contribution in [0.4, 0.5) is 5.82 Å². The molecule has 134 valence electrons. The van der Waals surface area contributed by atoms with Crippen molar-refractivity contribution in [1.29, 1.82) is 0 Å². The van der Waals surface area contributed by atoms with Gasteiger partial charge in [-0.1, -0.05) is 0 Å². The lowest BCUT2D eigenvalue weighted by atomic mass is 9.83. The molecule has 0 radical (unpaired) electrons. The summed E-state index contributed by atoms with van der Waals surface area (Å²) in [7, 11) is 2.02. The van der Waals surface area contributed by atoms with Crippen molar-refractivity contribution in [1.82, 2.24) is 15.2 Å². The van der Waals surface area contributed by atoms with Gasteiger partial charge >= 0.3 is 0 Å². The number of pyridine rings is 1. The Morgan fingerprint density at radius 3 is 2.72 bits per heavy atom. The third-order valence-electron chi connectivity index (χ3n) is 6.07. The number of nitrogens with two attached hydrogens (primary N) is 1. The molecule has 0 aromatic carbocycles. The average Bonchev–Trinajstić information content (AvgIpc) is 3.06. The van der Waals surface area contributed by atoms with Crippen LogP contribution in [0.1, 0.15) is 40.9 Å². The van der Waals surface area contributed by atoms with Crippen molar-refractivity contribution in [2.24, 2.45) is 5.73 Å². The fourth-order valence-corrected chi connectivity index (χ4v) is 4.47. The lowest BCUT2D eigenvalue weighted by Gasteiger charge is -2.48. The minimum atomic E-state index is -0.432. The molecule has 25 heavy (non-hydrogen) atoms. The first-order chi connectivity index (χ1) is 12.0. The summed E-state index contributed by atoms with van der Waals surface area (Å²) in [6.07, 6.45) is 4.47. The SMILES string of the molecule is CN1CCNC(=O)C12CCN(c1nc3c(cc1C(N)=O)CCC3)CC2. The van der Waals surface area contributed by atoms with Crippen LogP contribution in [-0.2, 0) is 17.6 Å². The molecule has 4 rings (SSSR count). The Bertz CT molecular complexity index is 724. The zero-order chi connectivity index (χ0) is 17.6. The quantitative estimate of drug-likeness (QED) is 0.793. The van der Waals surface area contributed by atoms with Gasteiger partial charge in [0.15, 0.2) is 0 Å². The van der Waals surface area contributed by atoms with Crippen LogP contribution >= 0.6 is 0 Å². The number of hydrogen-bond donors (Lipinski definition) is 2. The van der Waals surface area contributed by atoms with Crippen LogP contribution in [0.25, 0.3) is 0 Å². The minimum Gasteiger partial charge on any atom is -0.365 e. The van der Waals surface area contributed by atoms with Crippen molar-refractivity contribution in [3.05, 3.63) is 22.9 Å². The van der Waals surface area contributed by atoms with E-state index in [9.17, 15) is 9.59 Å². The number of carbonyl (C=O) groups excluding carboxylic acids is 2. The molecule has 2 amide bonds. The van der Waals surface area contributed by atoms with E-state index < -0.39 is 11.4 Å². The highest BCUT2D eigenvalue weighted by Gasteiger charge is 2.46. The zero-order valence-electron chi connectivity index (χ0n) is 14.7. The van der Waals surface area contributed by atoms with Gasteiger partial charge in [-0.2, -0.15) is 0 Å².